The third-order valence-corrected chi connectivity index (χ3v) is 8.39. The molecule has 0 spiro atoms. The van der Waals surface area contributed by atoms with Crippen LogP contribution in [0.3, 0.4) is 0 Å². The normalized spacial score (nSPS) is 18.0. The van der Waals surface area contributed by atoms with Crippen LogP contribution in [-0.2, 0) is 0 Å². The maximum atomic E-state index is 11.2. The lowest BCUT2D eigenvalue weighted by Crippen LogP contribution is -2.13. The van der Waals surface area contributed by atoms with Crippen molar-refractivity contribution in [3.8, 4) is 115 Å². The summed E-state index contributed by atoms with van der Waals surface area (Å²) in [5.74, 6) is -12.0. The lowest BCUT2D eigenvalue weighted by Gasteiger charge is -2.29. The molecule has 0 bridgehead atoms. The molecule has 54 heavy (non-hydrogen) atoms. The first kappa shape index (κ1) is 33.7. The first-order valence-electron chi connectivity index (χ1n) is 15.7. The van der Waals surface area contributed by atoms with E-state index in [1.807, 2.05) is 0 Å². The Labute approximate surface area is 300 Å². The van der Waals surface area contributed by atoms with Crippen molar-refractivity contribution in [3.63, 3.8) is 0 Å². The van der Waals surface area contributed by atoms with Crippen LogP contribution >= 0.6 is 0 Å². The minimum Gasteiger partial charge on any atom is -0.508 e. The van der Waals surface area contributed by atoms with Gasteiger partial charge in [-0.05, 0) is 12.2 Å². The van der Waals surface area contributed by atoms with E-state index in [0.29, 0.717) is 0 Å². The van der Waals surface area contributed by atoms with Crippen LogP contribution in [0.4, 0.5) is 0 Å². The van der Waals surface area contributed by atoms with Crippen molar-refractivity contribution in [1.29, 1.82) is 0 Å². The van der Waals surface area contributed by atoms with Crippen molar-refractivity contribution in [1.82, 2.24) is 0 Å². The van der Waals surface area contributed by atoms with Crippen molar-refractivity contribution >= 4 is 0 Å². The van der Waals surface area contributed by atoms with Crippen LogP contribution in [0.5, 0.6) is 103 Å². The molecule has 2 aliphatic heterocycles. The van der Waals surface area contributed by atoms with E-state index < -0.39 is 127 Å². The van der Waals surface area contributed by atoms with Gasteiger partial charge in [0.1, 0.15) is 34.5 Å². The summed E-state index contributed by atoms with van der Waals surface area (Å²) >= 11 is 0. The molecule has 2 unspecified atom stereocenters. The number of benzene rings is 4. The topological polar surface area (TPSA) is 298 Å². The molecule has 0 saturated carbocycles. The molecule has 278 valence electrons. The van der Waals surface area contributed by atoms with E-state index in [4.69, 9.17) is 28.4 Å². The fourth-order valence-corrected chi connectivity index (χ4v) is 6.16. The summed E-state index contributed by atoms with van der Waals surface area (Å²) in [5, 5.41) is 127. The van der Waals surface area contributed by atoms with E-state index in [0.717, 1.165) is 48.6 Å². The number of phenolic OH excluding ortho intramolecular Hbond substituents is 8. The minimum atomic E-state index is -1.14. The van der Waals surface area contributed by atoms with E-state index in [9.17, 15) is 61.3 Å². The zero-order valence-corrected chi connectivity index (χ0v) is 27.0. The highest BCUT2D eigenvalue weighted by molar-refractivity contribution is 5.93. The number of aliphatic hydroxyl groups excluding tert-OH is 4. The number of hydrogen-bond acceptors (Lipinski definition) is 18. The van der Waals surface area contributed by atoms with Gasteiger partial charge in [0, 0.05) is 49.3 Å². The SMILES string of the molecule is OC1=CC(O)CC(Oc2c(O)cc(O)c3c2Oc2c(O)cc(O)c(-c4c(O)cc(O)c5c4Oc4c(O)cc(O)c(OC6=CC(O)=CC(O)C6)c4O5)c2O3)=C1. The van der Waals surface area contributed by atoms with E-state index in [1.54, 1.807) is 0 Å². The van der Waals surface area contributed by atoms with E-state index in [1.165, 1.54) is 0 Å². The van der Waals surface area contributed by atoms with Gasteiger partial charge >= 0.3 is 0 Å². The van der Waals surface area contributed by atoms with Crippen LogP contribution in [0.2, 0.25) is 0 Å². The predicted octanol–water partition coefficient (Wildman–Crippen LogP) is 5.73. The summed E-state index contributed by atoms with van der Waals surface area (Å²) in [6, 6.07) is 3.19. The molecule has 0 saturated heterocycles. The number of ether oxygens (including phenoxy) is 6. The lowest BCUT2D eigenvalue weighted by molar-refractivity contribution is 0.191. The summed E-state index contributed by atoms with van der Waals surface area (Å²) in [6.07, 6.45) is 2.05. The van der Waals surface area contributed by atoms with Crippen LogP contribution < -0.4 is 28.4 Å². The predicted molar refractivity (Wildman–Crippen MR) is 178 cm³/mol. The number of phenols is 8. The zero-order chi connectivity index (χ0) is 38.3. The Kier molecular flexibility index (Phi) is 7.53. The molecule has 0 aromatic heterocycles. The smallest absolute Gasteiger partial charge is 0.220 e. The average Bonchev–Trinajstić information content (AvgIpc) is 3.08. The third kappa shape index (κ3) is 5.45. The number of hydrogen-bond donors (Lipinski definition) is 12. The standard InChI is InChI=1S/C36H26O18/c37-11-1-12(38)4-15(3-11)49-29-21(45)9-23(47)31-35(29)53-27-19(43)7-17(41)25(33(27)51-31)26-18(42)8-20(44)28-34(26)52-32-24(48)10-22(46)30(36(32)54-28)50-16-5-13(39)2-14(40)6-16/h1-3,5,7-10,12,14,37-48H,4,6H2. The largest absolute Gasteiger partial charge is 0.508 e. The number of allylic oxidation sites excluding steroid dienone is 2. The summed E-state index contributed by atoms with van der Waals surface area (Å²) in [4.78, 5) is 0. The number of aromatic hydroxyl groups is 8. The van der Waals surface area contributed by atoms with Gasteiger partial charge in [0.05, 0.1) is 23.3 Å². The maximum absolute atomic E-state index is 11.2. The van der Waals surface area contributed by atoms with Crippen LogP contribution in [0.25, 0.3) is 11.1 Å². The fraction of sp³-hybridized carbons (Fsp3) is 0.111. The number of aliphatic hydroxyl groups is 4. The highest BCUT2D eigenvalue weighted by Gasteiger charge is 2.40. The lowest BCUT2D eigenvalue weighted by atomic mass is 9.98. The number of rotatable bonds is 5. The Bertz CT molecular complexity index is 2270. The average molecular weight is 747 g/mol. The molecule has 0 fully saturated rings. The molecule has 0 radical (unpaired) electrons. The van der Waals surface area contributed by atoms with Crippen molar-refractivity contribution in [2.75, 3.05) is 0 Å². The Balaban J connectivity index is 1.24. The molecular formula is C36H26O18. The summed E-state index contributed by atoms with van der Waals surface area (Å²) in [5.41, 5.74) is -0.980. The second-order valence-electron chi connectivity index (χ2n) is 12.3. The summed E-state index contributed by atoms with van der Waals surface area (Å²) < 4.78 is 35.1. The first-order chi connectivity index (χ1) is 25.7. The van der Waals surface area contributed by atoms with E-state index in [-0.39, 0.29) is 35.9 Å². The Morgan fingerprint density at radius 2 is 0.722 bits per heavy atom. The van der Waals surface area contributed by atoms with Crippen LogP contribution in [0, 0.1) is 0 Å². The van der Waals surface area contributed by atoms with E-state index >= 15 is 0 Å². The molecule has 4 aliphatic rings. The molecule has 18 heteroatoms. The molecular weight excluding hydrogens is 720 g/mol. The summed E-state index contributed by atoms with van der Waals surface area (Å²) in [6.45, 7) is 0. The summed E-state index contributed by atoms with van der Waals surface area (Å²) in [7, 11) is 0. The molecule has 0 amide bonds. The molecule has 8 rings (SSSR count). The van der Waals surface area contributed by atoms with Gasteiger partial charge in [0.2, 0.25) is 46.0 Å². The van der Waals surface area contributed by atoms with Crippen LogP contribution in [0.1, 0.15) is 12.8 Å². The Morgan fingerprint density at radius 1 is 0.407 bits per heavy atom. The third-order valence-electron chi connectivity index (χ3n) is 8.39. The quantitative estimate of drug-likeness (QED) is 0.100. The molecule has 2 atom stereocenters. The van der Waals surface area contributed by atoms with Crippen molar-refractivity contribution in [2.24, 2.45) is 0 Å². The van der Waals surface area contributed by atoms with Crippen molar-refractivity contribution in [3.05, 3.63) is 71.6 Å². The van der Waals surface area contributed by atoms with Gasteiger partial charge in [0.25, 0.3) is 0 Å². The van der Waals surface area contributed by atoms with Gasteiger partial charge in [-0.25, -0.2) is 0 Å². The molecule has 18 nitrogen and oxygen atoms in total. The maximum Gasteiger partial charge on any atom is 0.220 e. The molecule has 12 N–H and O–H groups in total. The first-order valence-corrected chi connectivity index (χ1v) is 15.7. The molecule has 2 heterocycles. The van der Waals surface area contributed by atoms with Gasteiger partial charge in [-0.3, -0.25) is 0 Å². The second kappa shape index (κ2) is 12.1. The zero-order valence-electron chi connectivity index (χ0n) is 27.0. The minimum absolute atomic E-state index is 0.0399. The highest BCUT2D eigenvalue weighted by atomic mass is 16.6. The van der Waals surface area contributed by atoms with Crippen LogP contribution in [0.15, 0.2) is 71.6 Å². The van der Waals surface area contributed by atoms with Crippen molar-refractivity contribution in [2.45, 2.75) is 25.0 Å². The fourth-order valence-electron chi connectivity index (χ4n) is 6.16. The Hall–Kier alpha value is -7.44. The second-order valence-corrected chi connectivity index (χ2v) is 12.3. The molecule has 4 aromatic carbocycles. The molecule has 4 aromatic rings. The van der Waals surface area contributed by atoms with Crippen molar-refractivity contribution < 1.29 is 89.7 Å². The van der Waals surface area contributed by atoms with Gasteiger partial charge in [0.15, 0.2) is 46.0 Å². The van der Waals surface area contributed by atoms with Crippen LogP contribution in [-0.4, -0.2) is 73.5 Å². The Morgan fingerprint density at radius 3 is 1.07 bits per heavy atom. The number of fused-ring (bicyclic) bond motifs is 4. The van der Waals surface area contributed by atoms with Gasteiger partial charge in [-0.1, -0.05) is 0 Å². The van der Waals surface area contributed by atoms with Gasteiger partial charge < -0.3 is 89.7 Å². The highest BCUT2D eigenvalue weighted by Crippen LogP contribution is 2.67. The van der Waals surface area contributed by atoms with E-state index in [2.05, 4.69) is 0 Å². The monoisotopic (exact) mass is 746 g/mol. The van der Waals surface area contributed by atoms with Gasteiger partial charge in [-0.2, -0.15) is 0 Å². The van der Waals surface area contributed by atoms with Gasteiger partial charge in [-0.15, -0.1) is 0 Å². The molecule has 2 aliphatic carbocycles.